The molecule has 0 bridgehead atoms. The minimum Gasteiger partial charge on any atom is -0.484 e. The summed E-state index contributed by atoms with van der Waals surface area (Å²) in [6.45, 7) is 4.37. The topological polar surface area (TPSA) is 68.5 Å². The van der Waals surface area contributed by atoms with Gasteiger partial charge in [-0.3, -0.25) is 4.79 Å². The molecule has 1 amide bonds. The van der Waals surface area contributed by atoms with E-state index in [1.165, 1.54) is 12.0 Å². The van der Waals surface area contributed by atoms with Crippen molar-refractivity contribution < 1.29 is 14.1 Å². The van der Waals surface area contributed by atoms with Crippen LogP contribution in [0, 0.1) is 13.8 Å². The van der Waals surface area contributed by atoms with Crippen LogP contribution in [0.15, 0.2) is 53.1 Å². The Bertz CT molecular complexity index is 990. The zero-order chi connectivity index (χ0) is 21.6. The van der Waals surface area contributed by atoms with Gasteiger partial charge in [-0.25, -0.2) is 0 Å². The van der Waals surface area contributed by atoms with E-state index in [4.69, 9.17) is 9.26 Å². The summed E-state index contributed by atoms with van der Waals surface area (Å²) in [6.07, 6.45) is 5.47. The Morgan fingerprint density at radius 1 is 1.00 bits per heavy atom. The molecule has 162 valence electrons. The monoisotopic (exact) mass is 419 g/mol. The van der Waals surface area contributed by atoms with Crippen molar-refractivity contribution in [2.24, 2.45) is 0 Å². The molecular formula is C25H29N3O3. The molecule has 0 saturated heterocycles. The number of ether oxygens (including phenoxy) is 1. The average molecular weight is 420 g/mol. The number of carbonyl (C=O) groups excluding carboxylic acids is 1. The quantitative estimate of drug-likeness (QED) is 0.533. The van der Waals surface area contributed by atoms with Crippen molar-refractivity contribution >= 4 is 5.91 Å². The molecule has 2 aromatic carbocycles. The molecule has 6 heteroatoms. The zero-order valence-corrected chi connectivity index (χ0v) is 18.2. The van der Waals surface area contributed by atoms with Gasteiger partial charge in [0.15, 0.2) is 6.61 Å². The summed E-state index contributed by atoms with van der Waals surface area (Å²) in [7, 11) is 0. The van der Waals surface area contributed by atoms with Crippen molar-refractivity contribution in [2.75, 3.05) is 6.61 Å². The van der Waals surface area contributed by atoms with Gasteiger partial charge in [0.1, 0.15) is 12.3 Å². The summed E-state index contributed by atoms with van der Waals surface area (Å²) in [6, 6.07) is 15.9. The Morgan fingerprint density at radius 3 is 2.32 bits per heavy atom. The number of hydrogen-bond donors (Lipinski definition) is 0. The van der Waals surface area contributed by atoms with Crippen LogP contribution >= 0.6 is 0 Å². The summed E-state index contributed by atoms with van der Waals surface area (Å²) in [5.41, 5.74) is 3.23. The van der Waals surface area contributed by atoms with Crippen molar-refractivity contribution in [1.82, 2.24) is 15.0 Å². The van der Waals surface area contributed by atoms with Crippen molar-refractivity contribution in [1.29, 1.82) is 0 Å². The Labute approximate surface area is 183 Å². The molecule has 0 radical (unpaired) electrons. The van der Waals surface area contributed by atoms with Crippen molar-refractivity contribution in [3.63, 3.8) is 0 Å². The highest BCUT2D eigenvalue weighted by molar-refractivity contribution is 5.78. The molecule has 0 N–H and O–H groups in total. The largest absolute Gasteiger partial charge is 0.484 e. The molecule has 4 rings (SSSR count). The predicted octanol–water partition coefficient (Wildman–Crippen LogP) is 5.09. The van der Waals surface area contributed by atoms with Crippen LogP contribution in [0.2, 0.25) is 0 Å². The van der Waals surface area contributed by atoms with Gasteiger partial charge >= 0.3 is 0 Å². The third-order valence-electron chi connectivity index (χ3n) is 5.80. The number of nitrogens with zero attached hydrogens (tertiary/aromatic N) is 3. The van der Waals surface area contributed by atoms with Gasteiger partial charge in [0.2, 0.25) is 11.7 Å². The summed E-state index contributed by atoms with van der Waals surface area (Å²) in [5.74, 6) is 1.64. The molecule has 1 aliphatic rings. The minimum atomic E-state index is -0.0532. The van der Waals surface area contributed by atoms with Gasteiger partial charge in [-0.05, 0) is 38.8 Å². The average Bonchev–Trinajstić information content (AvgIpc) is 3.27. The van der Waals surface area contributed by atoms with Gasteiger partial charge in [0.05, 0.1) is 0 Å². The normalized spacial score (nSPS) is 14.4. The third-order valence-corrected chi connectivity index (χ3v) is 5.80. The lowest BCUT2D eigenvalue weighted by Crippen LogP contribution is -2.43. The maximum atomic E-state index is 13.1. The van der Waals surface area contributed by atoms with Crippen LogP contribution in [0.5, 0.6) is 5.75 Å². The molecule has 1 aliphatic carbocycles. The molecule has 0 spiro atoms. The summed E-state index contributed by atoms with van der Waals surface area (Å²) < 4.78 is 11.3. The van der Waals surface area contributed by atoms with E-state index < -0.39 is 0 Å². The Hall–Kier alpha value is -3.15. The van der Waals surface area contributed by atoms with Gasteiger partial charge in [-0.1, -0.05) is 71.9 Å². The number of hydrogen-bond acceptors (Lipinski definition) is 5. The fourth-order valence-corrected chi connectivity index (χ4v) is 3.96. The molecule has 0 aliphatic heterocycles. The molecule has 1 saturated carbocycles. The number of aromatic nitrogens is 2. The SMILES string of the molecule is Cc1ccc(OCC(=O)N(Cc2nc(-c3ccc(C)cc3)no2)C2CCCCC2)cc1. The minimum absolute atomic E-state index is 0.00147. The molecular weight excluding hydrogens is 390 g/mol. The summed E-state index contributed by atoms with van der Waals surface area (Å²) in [4.78, 5) is 19.5. The second-order valence-corrected chi connectivity index (χ2v) is 8.29. The smallest absolute Gasteiger partial charge is 0.261 e. The lowest BCUT2D eigenvalue weighted by Gasteiger charge is -2.33. The van der Waals surface area contributed by atoms with Crippen LogP contribution < -0.4 is 4.74 Å². The number of amides is 1. The first-order valence-electron chi connectivity index (χ1n) is 11.0. The Morgan fingerprint density at radius 2 is 1.65 bits per heavy atom. The van der Waals surface area contributed by atoms with E-state index in [1.807, 2.05) is 67.3 Å². The predicted molar refractivity (Wildman–Crippen MR) is 119 cm³/mol. The zero-order valence-electron chi connectivity index (χ0n) is 18.2. The first kappa shape index (κ1) is 21.1. The van der Waals surface area contributed by atoms with Crippen molar-refractivity contribution in [2.45, 2.75) is 58.5 Å². The molecule has 1 aromatic heterocycles. The lowest BCUT2D eigenvalue weighted by molar-refractivity contribution is -0.137. The second-order valence-electron chi connectivity index (χ2n) is 8.29. The van der Waals surface area contributed by atoms with Gasteiger partial charge < -0.3 is 14.2 Å². The maximum absolute atomic E-state index is 13.1. The summed E-state index contributed by atoms with van der Waals surface area (Å²) in [5, 5.41) is 4.12. The highest BCUT2D eigenvalue weighted by Gasteiger charge is 2.27. The van der Waals surface area contributed by atoms with Crippen LogP contribution in [-0.4, -0.2) is 33.6 Å². The van der Waals surface area contributed by atoms with Crippen LogP contribution in [0.4, 0.5) is 0 Å². The standard InChI is InChI=1S/C25H29N3O3/c1-18-8-12-20(13-9-18)25-26-23(31-27-25)16-28(21-6-4-3-5-7-21)24(29)17-30-22-14-10-19(2)11-15-22/h8-15,21H,3-7,16-17H2,1-2H3. The molecule has 31 heavy (non-hydrogen) atoms. The van der Waals surface area contributed by atoms with Crippen LogP contribution in [0.1, 0.15) is 49.1 Å². The van der Waals surface area contributed by atoms with Gasteiger partial charge in [0.25, 0.3) is 5.91 Å². The fourth-order valence-electron chi connectivity index (χ4n) is 3.96. The molecule has 1 fully saturated rings. The van der Waals surface area contributed by atoms with Crippen molar-refractivity contribution in [3.8, 4) is 17.1 Å². The van der Waals surface area contributed by atoms with Crippen LogP contribution in [0.25, 0.3) is 11.4 Å². The maximum Gasteiger partial charge on any atom is 0.261 e. The Kier molecular flexibility index (Phi) is 6.65. The third kappa shape index (κ3) is 5.51. The van der Waals surface area contributed by atoms with E-state index >= 15 is 0 Å². The molecule has 1 heterocycles. The van der Waals surface area contributed by atoms with E-state index in [2.05, 4.69) is 10.1 Å². The first-order valence-corrected chi connectivity index (χ1v) is 11.0. The molecule has 0 atom stereocenters. The van der Waals surface area contributed by atoms with Crippen LogP contribution in [-0.2, 0) is 11.3 Å². The van der Waals surface area contributed by atoms with E-state index in [0.717, 1.165) is 36.8 Å². The van der Waals surface area contributed by atoms with E-state index in [0.29, 0.717) is 24.0 Å². The Balaban J connectivity index is 1.46. The highest BCUT2D eigenvalue weighted by Crippen LogP contribution is 2.25. The van der Waals surface area contributed by atoms with E-state index in [1.54, 1.807) is 0 Å². The van der Waals surface area contributed by atoms with Gasteiger partial charge in [-0.2, -0.15) is 4.98 Å². The van der Waals surface area contributed by atoms with Crippen molar-refractivity contribution in [3.05, 3.63) is 65.5 Å². The fraction of sp³-hybridized carbons (Fsp3) is 0.400. The summed E-state index contributed by atoms with van der Waals surface area (Å²) >= 11 is 0. The van der Waals surface area contributed by atoms with E-state index in [-0.39, 0.29) is 18.6 Å². The van der Waals surface area contributed by atoms with Gasteiger partial charge in [-0.15, -0.1) is 0 Å². The lowest BCUT2D eigenvalue weighted by atomic mass is 9.94. The molecule has 0 unspecified atom stereocenters. The number of benzene rings is 2. The van der Waals surface area contributed by atoms with E-state index in [9.17, 15) is 4.79 Å². The van der Waals surface area contributed by atoms with Crippen LogP contribution in [0.3, 0.4) is 0 Å². The first-order chi connectivity index (χ1) is 15.1. The van der Waals surface area contributed by atoms with Gasteiger partial charge in [0, 0.05) is 11.6 Å². The molecule has 6 nitrogen and oxygen atoms in total. The number of carbonyl (C=O) groups is 1. The second kappa shape index (κ2) is 9.77. The molecule has 3 aromatic rings. The highest BCUT2D eigenvalue weighted by atomic mass is 16.5. The number of rotatable bonds is 7. The number of aryl methyl sites for hydroxylation is 2.